The molecule has 2 rings (SSSR count). The van der Waals surface area contributed by atoms with Gasteiger partial charge in [0.1, 0.15) is 0 Å². The van der Waals surface area contributed by atoms with Gasteiger partial charge in [0.25, 0.3) is 0 Å². The van der Waals surface area contributed by atoms with Crippen molar-refractivity contribution in [3.05, 3.63) is 47.6 Å². The van der Waals surface area contributed by atoms with Crippen molar-refractivity contribution in [2.24, 2.45) is 11.7 Å². The summed E-state index contributed by atoms with van der Waals surface area (Å²) in [5.41, 5.74) is 7.24. The summed E-state index contributed by atoms with van der Waals surface area (Å²) in [5, 5.41) is 3.94. The second kappa shape index (κ2) is 5.78. The first-order chi connectivity index (χ1) is 8.66. The SMILES string of the molecule is CC(C)C(N)c1noc(CCc2ccccc2)n1. The summed E-state index contributed by atoms with van der Waals surface area (Å²) >= 11 is 0. The van der Waals surface area contributed by atoms with Gasteiger partial charge in [0, 0.05) is 6.42 Å². The molecule has 4 heteroatoms. The molecule has 0 saturated carbocycles. The van der Waals surface area contributed by atoms with E-state index in [9.17, 15) is 0 Å². The smallest absolute Gasteiger partial charge is 0.227 e. The van der Waals surface area contributed by atoms with Gasteiger partial charge in [-0.3, -0.25) is 0 Å². The van der Waals surface area contributed by atoms with Crippen molar-refractivity contribution in [2.75, 3.05) is 0 Å². The number of aromatic nitrogens is 2. The molecule has 1 aromatic carbocycles. The lowest BCUT2D eigenvalue weighted by Gasteiger charge is -2.09. The fraction of sp³-hybridized carbons (Fsp3) is 0.429. The average molecular weight is 245 g/mol. The molecule has 1 heterocycles. The van der Waals surface area contributed by atoms with Crippen LogP contribution in [0.2, 0.25) is 0 Å². The maximum atomic E-state index is 5.97. The van der Waals surface area contributed by atoms with E-state index in [0.29, 0.717) is 17.6 Å². The zero-order valence-electron chi connectivity index (χ0n) is 10.8. The number of nitrogens with two attached hydrogens (primary N) is 1. The highest BCUT2D eigenvalue weighted by Crippen LogP contribution is 2.16. The third kappa shape index (κ3) is 3.17. The monoisotopic (exact) mass is 245 g/mol. The second-order valence-corrected chi connectivity index (χ2v) is 4.80. The molecular weight excluding hydrogens is 226 g/mol. The van der Waals surface area contributed by atoms with Crippen molar-refractivity contribution in [2.45, 2.75) is 32.7 Å². The molecule has 0 aliphatic carbocycles. The molecule has 0 radical (unpaired) electrons. The highest BCUT2D eigenvalue weighted by molar-refractivity contribution is 5.15. The Bertz CT molecular complexity index is 479. The van der Waals surface area contributed by atoms with Crippen molar-refractivity contribution < 1.29 is 4.52 Å². The molecule has 1 unspecified atom stereocenters. The van der Waals surface area contributed by atoms with Crippen LogP contribution in [0.4, 0.5) is 0 Å². The fourth-order valence-corrected chi connectivity index (χ4v) is 1.70. The predicted molar refractivity (Wildman–Crippen MR) is 69.9 cm³/mol. The molecule has 0 fully saturated rings. The first-order valence-corrected chi connectivity index (χ1v) is 6.29. The Balaban J connectivity index is 1.95. The molecule has 4 nitrogen and oxygen atoms in total. The van der Waals surface area contributed by atoms with Crippen LogP contribution in [-0.4, -0.2) is 10.1 Å². The zero-order valence-corrected chi connectivity index (χ0v) is 10.8. The molecule has 0 amide bonds. The van der Waals surface area contributed by atoms with Gasteiger partial charge in [-0.15, -0.1) is 0 Å². The standard InChI is InChI=1S/C14H19N3O/c1-10(2)13(15)14-16-12(18-17-14)9-8-11-6-4-3-5-7-11/h3-7,10,13H,8-9,15H2,1-2H3. The molecule has 0 aliphatic heterocycles. The van der Waals surface area contributed by atoms with Gasteiger partial charge >= 0.3 is 0 Å². The molecule has 18 heavy (non-hydrogen) atoms. The maximum absolute atomic E-state index is 5.97. The molecule has 2 N–H and O–H groups in total. The zero-order chi connectivity index (χ0) is 13.0. The Morgan fingerprint density at radius 3 is 2.56 bits per heavy atom. The van der Waals surface area contributed by atoms with E-state index < -0.39 is 0 Å². The Kier molecular flexibility index (Phi) is 4.10. The van der Waals surface area contributed by atoms with Gasteiger partial charge in [0.05, 0.1) is 6.04 Å². The van der Waals surface area contributed by atoms with Crippen molar-refractivity contribution >= 4 is 0 Å². The van der Waals surface area contributed by atoms with E-state index in [0.717, 1.165) is 12.8 Å². The van der Waals surface area contributed by atoms with E-state index in [-0.39, 0.29) is 6.04 Å². The van der Waals surface area contributed by atoms with Crippen molar-refractivity contribution in [3.63, 3.8) is 0 Å². The molecule has 0 spiro atoms. The van der Waals surface area contributed by atoms with E-state index >= 15 is 0 Å². The molecule has 0 bridgehead atoms. The third-order valence-electron chi connectivity index (χ3n) is 2.97. The van der Waals surface area contributed by atoms with Crippen LogP contribution in [0, 0.1) is 5.92 Å². The van der Waals surface area contributed by atoms with Crippen LogP contribution in [0.1, 0.15) is 37.2 Å². The van der Waals surface area contributed by atoms with Crippen LogP contribution in [-0.2, 0) is 12.8 Å². The second-order valence-electron chi connectivity index (χ2n) is 4.80. The number of aryl methyl sites for hydroxylation is 2. The van der Waals surface area contributed by atoms with E-state index in [1.165, 1.54) is 5.56 Å². The molecule has 2 aromatic rings. The van der Waals surface area contributed by atoms with Crippen LogP contribution in [0.25, 0.3) is 0 Å². The number of benzene rings is 1. The van der Waals surface area contributed by atoms with E-state index in [1.807, 2.05) is 32.0 Å². The molecule has 96 valence electrons. The van der Waals surface area contributed by atoms with Crippen molar-refractivity contribution in [3.8, 4) is 0 Å². The van der Waals surface area contributed by atoms with Crippen molar-refractivity contribution in [1.29, 1.82) is 0 Å². The Hall–Kier alpha value is -1.68. The highest BCUT2D eigenvalue weighted by atomic mass is 16.5. The van der Waals surface area contributed by atoms with Gasteiger partial charge < -0.3 is 10.3 Å². The summed E-state index contributed by atoms with van der Waals surface area (Å²) in [7, 11) is 0. The van der Waals surface area contributed by atoms with Gasteiger partial charge in [-0.05, 0) is 17.9 Å². The van der Waals surface area contributed by atoms with E-state index in [4.69, 9.17) is 10.3 Å². The van der Waals surface area contributed by atoms with Crippen LogP contribution in [0.15, 0.2) is 34.9 Å². The first-order valence-electron chi connectivity index (χ1n) is 6.29. The lowest BCUT2D eigenvalue weighted by Crippen LogP contribution is -2.18. The molecule has 0 saturated heterocycles. The summed E-state index contributed by atoms with van der Waals surface area (Å²) in [6, 6.07) is 10.1. The minimum atomic E-state index is -0.153. The number of hydrogen-bond acceptors (Lipinski definition) is 4. The first kappa shape index (κ1) is 12.8. The fourth-order valence-electron chi connectivity index (χ4n) is 1.70. The third-order valence-corrected chi connectivity index (χ3v) is 2.97. The van der Waals surface area contributed by atoms with Crippen molar-refractivity contribution in [1.82, 2.24) is 10.1 Å². The molecular formula is C14H19N3O. The lowest BCUT2D eigenvalue weighted by molar-refractivity contribution is 0.363. The average Bonchev–Trinajstić information content (AvgIpc) is 2.85. The number of nitrogens with zero attached hydrogens (tertiary/aromatic N) is 2. The van der Waals surface area contributed by atoms with Crippen LogP contribution < -0.4 is 5.73 Å². The number of rotatable bonds is 5. The minimum Gasteiger partial charge on any atom is -0.339 e. The van der Waals surface area contributed by atoms with Crippen LogP contribution in [0.3, 0.4) is 0 Å². The number of hydrogen-bond donors (Lipinski definition) is 1. The van der Waals surface area contributed by atoms with Gasteiger partial charge in [-0.1, -0.05) is 49.3 Å². The predicted octanol–water partition coefficient (Wildman–Crippen LogP) is 2.51. The topological polar surface area (TPSA) is 64.9 Å². The van der Waals surface area contributed by atoms with E-state index in [2.05, 4.69) is 22.3 Å². The molecule has 0 aliphatic rings. The van der Waals surface area contributed by atoms with Crippen LogP contribution in [0.5, 0.6) is 0 Å². The Morgan fingerprint density at radius 2 is 1.89 bits per heavy atom. The summed E-state index contributed by atoms with van der Waals surface area (Å²) < 4.78 is 5.22. The normalized spacial score (nSPS) is 12.9. The van der Waals surface area contributed by atoms with Gasteiger partial charge in [0.2, 0.25) is 5.89 Å². The summed E-state index contributed by atoms with van der Waals surface area (Å²) in [4.78, 5) is 4.34. The van der Waals surface area contributed by atoms with Crippen LogP contribution >= 0.6 is 0 Å². The summed E-state index contributed by atoms with van der Waals surface area (Å²) in [6.07, 6.45) is 1.65. The minimum absolute atomic E-state index is 0.153. The lowest BCUT2D eigenvalue weighted by atomic mass is 10.1. The van der Waals surface area contributed by atoms with Gasteiger partial charge in [-0.25, -0.2) is 0 Å². The Labute approximate surface area is 107 Å². The van der Waals surface area contributed by atoms with Gasteiger partial charge in [-0.2, -0.15) is 4.98 Å². The largest absolute Gasteiger partial charge is 0.339 e. The van der Waals surface area contributed by atoms with E-state index in [1.54, 1.807) is 0 Å². The summed E-state index contributed by atoms with van der Waals surface area (Å²) in [5.74, 6) is 1.57. The maximum Gasteiger partial charge on any atom is 0.227 e. The molecule has 1 aromatic heterocycles. The molecule has 1 atom stereocenters. The van der Waals surface area contributed by atoms with Gasteiger partial charge in [0.15, 0.2) is 5.82 Å². The highest BCUT2D eigenvalue weighted by Gasteiger charge is 2.17. The summed E-state index contributed by atoms with van der Waals surface area (Å²) in [6.45, 7) is 4.09. The Morgan fingerprint density at radius 1 is 1.17 bits per heavy atom. The quantitative estimate of drug-likeness (QED) is 0.879.